The summed E-state index contributed by atoms with van der Waals surface area (Å²) in [5.41, 5.74) is 0. The molecule has 2 amide bonds. The molecule has 1 N–H and O–H groups in total. The normalized spacial score (nSPS) is 32.4. The number of nitrogens with zero attached hydrogens (tertiary/aromatic N) is 2. The summed E-state index contributed by atoms with van der Waals surface area (Å²) in [7, 11) is 3.02. The van der Waals surface area contributed by atoms with Crippen molar-refractivity contribution in [3.8, 4) is 0 Å². The zero-order valence-electron chi connectivity index (χ0n) is 8.71. The summed E-state index contributed by atoms with van der Waals surface area (Å²) in [5.74, 6) is 0.320. The zero-order chi connectivity index (χ0) is 11.2. The molecule has 84 valence electrons. The largest absolute Gasteiger partial charge is 0.465 e. The zero-order valence-corrected chi connectivity index (χ0v) is 8.71. The Kier molecular flexibility index (Phi) is 2.30. The van der Waals surface area contributed by atoms with Gasteiger partial charge in [-0.25, -0.2) is 9.86 Å². The summed E-state index contributed by atoms with van der Waals surface area (Å²) in [4.78, 5) is 28.5. The molecule has 15 heavy (non-hydrogen) atoms. The van der Waals surface area contributed by atoms with E-state index in [2.05, 4.69) is 0 Å². The lowest BCUT2D eigenvalue weighted by Gasteiger charge is -2.18. The number of carbonyl (C=O) groups is 2. The quantitative estimate of drug-likeness (QED) is 0.650. The first-order valence-electron chi connectivity index (χ1n) is 4.85. The van der Waals surface area contributed by atoms with Gasteiger partial charge in [-0.05, 0) is 11.8 Å². The van der Waals surface area contributed by atoms with Gasteiger partial charge in [0.25, 0.3) is 0 Å². The van der Waals surface area contributed by atoms with Crippen LogP contribution in [0.3, 0.4) is 0 Å². The van der Waals surface area contributed by atoms with E-state index in [9.17, 15) is 9.59 Å². The van der Waals surface area contributed by atoms with Crippen LogP contribution in [0.15, 0.2) is 0 Å². The molecule has 2 aliphatic rings. The molecule has 1 unspecified atom stereocenters. The molecule has 6 heteroatoms. The van der Waals surface area contributed by atoms with Crippen molar-refractivity contribution in [2.75, 3.05) is 27.2 Å². The smallest absolute Gasteiger partial charge is 0.407 e. The maximum atomic E-state index is 11.7. The Bertz CT molecular complexity index is 294. The van der Waals surface area contributed by atoms with Crippen LogP contribution in [0.4, 0.5) is 4.79 Å². The van der Waals surface area contributed by atoms with Crippen LogP contribution in [0.2, 0.25) is 0 Å². The highest BCUT2D eigenvalue weighted by Gasteiger charge is 2.61. The Hall–Kier alpha value is -1.30. The second kappa shape index (κ2) is 3.37. The molecule has 2 fully saturated rings. The van der Waals surface area contributed by atoms with E-state index in [0.29, 0.717) is 13.1 Å². The van der Waals surface area contributed by atoms with Gasteiger partial charge < -0.3 is 10.0 Å². The molecule has 0 spiro atoms. The topological polar surface area (TPSA) is 70.1 Å². The third-order valence-corrected chi connectivity index (χ3v) is 3.33. The molecule has 0 aromatic heterocycles. The van der Waals surface area contributed by atoms with Gasteiger partial charge >= 0.3 is 6.09 Å². The molecule has 1 saturated heterocycles. The molecule has 0 radical (unpaired) electrons. The van der Waals surface area contributed by atoms with E-state index >= 15 is 0 Å². The van der Waals surface area contributed by atoms with Crippen molar-refractivity contribution < 1.29 is 19.5 Å². The number of piperidine rings is 1. The molecule has 0 aromatic rings. The lowest BCUT2D eigenvalue weighted by Crippen LogP contribution is -2.34. The summed E-state index contributed by atoms with van der Waals surface area (Å²) in [5, 5.41) is 9.95. The Labute approximate surface area is 87.4 Å². The number of hydrogen-bond acceptors (Lipinski definition) is 3. The molecular formula is C9H14N2O4. The molecule has 1 aliphatic heterocycles. The van der Waals surface area contributed by atoms with E-state index < -0.39 is 6.09 Å². The predicted molar refractivity (Wildman–Crippen MR) is 49.8 cm³/mol. The number of amides is 2. The minimum Gasteiger partial charge on any atom is -0.465 e. The van der Waals surface area contributed by atoms with E-state index in [-0.39, 0.29) is 23.7 Å². The third-order valence-electron chi connectivity index (χ3n) is 3.33. The maximum absolute atomic E-state index is 11.7. The predicted octanol–water partition coefficient (Wildman–Crippen LogP) is -0.138. The van der Waals surface area contributed by atoms with Gasteiger partial charge in [-0.2, -0.15) is 0 Å². The molecule has 2 rings (SSSR count). The molecular weight excluding hydrogens is 200 g/mol. The maximum Gasteiger partial charge on any atom is 0.407 e. The first-order chi connectivity index (χ1) is 7.06. The number of likely N-dealkylation sites (tertiary alicyclic amines) is 1. The SMILES string of the molecule is CON(C)C(=O)C1[C@H]2CN(C(=O)O)C[C@@H]12. The molecule has 3 atom stereocenters. The first-order valence-corrected chi connectivity index (χ1v) is 4.85. The van der Waals surface area contributed by atoms with Crippen molar-refractivity contribution in [2.24, 2.45) is 17.8 Å². The van der Waals surface area contributed by atoms with Gasteiger partial charge in [0.15, 0.2) is 0 Å². The minimum absolute atomic E-state index is 0.0365. The summed E-state index contributed by atoms with van der Waals surface area (Å²) < 4.78 is 0. The summed E-state index contributed by atoms with van der Waals surface area (Å²) >= 11 is 0. The second-order valence-electron chi connectivity index (χ2n) is 4.06. The van der Waals surface area contributed by atoms with E-state index in [1.807, 2.05) is 0 Å². The van der Waals surface area contributed by atoms with Crippen LogP contribution in [0.5, 0.6) is 0 Å². The highest BCUT2D eigenvalue weighted by atomic mass is 16.7. The fourth-order valence-corrected chi connectivity index (χ4v) is 2.35. The van der Waals surface area contributed by atoms with E-state index in [1.165, 1.54) is 17.1 Å². The van der Waals surface area contributed by atoms with Gasteiger partial charge in [-0.3, -0.25) is 9.63 Å². The molecule has 1 heterocycles. The number of hydrogen-bond donors (Lipinski definition) is 1. The summed E-state index contributed by atoms with van der Waals surface area (Å²) in [6.45, 7) is 0.960. The number of rotatable bonds is 2. The average Bonchev–Trinajstić information content (AvgIpc) is 2.69. The molecule has 6 nitrogen and oxygen atoms in total. The van der Waals surface area contributed by atoms with Gasteiger partial charge in [0.1, 0.15) is 0 Å². The van der Waals surface area contributed by atoms with Crippen molar-refractivity contribution in [3.05, 3.63) is 0 Å². The van der Waals surface area contributed by atoms with Crippen LogP contribution in [-0.2, 0) is 9.63 Å². The van der Waals surface area contributed by atoms with Gasteiger partial charge in [0.2, 0.25) is 5.91 Å². The number of carbonyl (C=O) groups excluding carboxylic acids is 1. The number of carboxylic acid groups (broad SMARTS) is 1. The molecule has 0 aromatic carbocycles. The monoisotopic (exact) mass is 214 g/mol. The Morgan fingerprint density at radius 2 is 1.93 bits per heavy atom. The van der Waals surface area contributed by atoms with Crippen LogP contribution in [-0.4, -0.2) is 54.3 Å². The third kappa shape index (κ3) is 1.54. The minimum atomic E-state index is -0.895. The molecule has 1 saturated carbocycles. The number of hydroxylamine groups is 2. The Morgan fingerprint density at radius 3 is 2.33 bits per heavy atom. The van der Waals surface area contributed by atoms with E-state index in [4.69, 9.17) is 9.94 Å². The summed E-state index contributed by atoms with van der Waals surface area (Å²) in [6, 6.07) is 0. The van der Waals surface area contributed by atoms with Gasteiger partial charge in [0, 0.05) is 20.1 Å². The first kappa shape index (κ1) is 10.2. The molecule has 1 aliphatic carbocycles. The highest BCUT2D eigenvalue weighted by molar-refractivity contribution is 5.82. The molecule has 0 bridgehead atoms. The van der Waals surface area contributed by atoms with Crippen molar-refractivity contribution in [1.29, 1.82) is 0 Å². The van der Waals surface area contributed by atoms with Crippen molar-refractivity contribution in [3.63, 3.8) is 0 Å². The second-order valence-corrected chi connectivity index (χ2v) is 4.06. The van der Waals surface area contributed by atoms with E-state index in [0.717, 1.165) is 0 Å². The van der Waals surface area contributed by atoms with Crippen LogP contribution < -0.4 is 0 Å². The van der Waals surface area contributed by atoms with Crippen molar-refractivity contribution in [1.82, 2.24) is 9.96 Å². The average molecular weight is 214 g/mol. The highest BCUT2D eigenvalue weighted by Crippen LogP contribution is 2.52. The van der Waals surface area contributed by atoms with Crippen LogP contribution >= 0.6 is 0 Å². The lowest BCUT2D eigenvalue weighted by atomic mass is 10.2. The van der Waals surface area contributed by atoms with Gasteiger partial charge in [-0.1, -0.05) is 0 Å². The van der Waals surface area contributed by atoms with Crippen LogP contribution in [0.1, 0.15) is 0 Å². The van der Waals surface area contributed by atoms with Crippen molar-refractivity contribution in [2.45, 2.75) is 0 Å². The Balaban J connectivity index is 1.89. The number of fused-ring (bicyclic) bond motifs is 1. The fraction of sp³-hybridized carbons (Fsp3) is 0.778. The van der Waals surface area contributed by atoms with Crippen molar-refractivity contribution >= 4 is 12.0 Å². The van der Waals surface area contributed by atoms with Crippen LogP contribution in [0, 0.1) is 17.8 Å². The standard InChI is InChI=1S/C9H14N2O4/c1-10(15-2)8(12)7-5-3-11(9(13)14)4-6(5)7/h5-7H,3-4H2,1-2H3,(H,13,14)/t5-,6+,7?. The van der Waals surface area contributed by atoms with E-state index in [1.54, 1.807) is 7.05 Å². The lowest BCUT2D eigenvalue weighted by molar-refractivity contribution is -0.171. The fourth-order valence-electron chi connectivity index (χ4n) is 2.35. The Morgan fingerprint density at radius 1 is 1.40 bits per heavy atom. The van der Waals surface area contributed by atoms with Gasteiger partial charge in [0.05, 0.1) is 13.0 Å². The van der Waals surface area contributed by atoms with Crippen LogP contribution in [0.25, 0.3) is 0 Å². The van der Waals surface area contributed by atoms with Gasteiger partial charge in [-0.15, -0.1) is 0 Å². The summed E-state index contributed by atoms with van der Waals surface area (Å²) in [6.07, 6.45) is -0.895.